The Hall–Kier alpha value is -3.13. The van der Waals surface area contributed by atoms with E-state index in [4.69, 9.17) is 16.3 Å². The highest BCUT2D eigenvalue weighted by Gasteiger charge is 2.19. The molecule has 3 rings (SSSR count). The van der Waals surface area contributed by atoms with Crippen LogP contribution >= 0.6 is 11.6 Å². The molecule has 2 amide bonds. The Morgan fingerprint density at radius 1 is 1.31 bits per heavy atom. The number of hydrogen-bond acceptors (Lipinski definition) is 4. The molecule has 0 bridgehead atoms. The molecule has 0 unspecified atom stereocenters. The van der Waals surface area contributed by atoms with Crippen molar-refractivity contribution in [1.82, 2.24) is 15.2 Å². The van der Waals surface area contributed by atoms with Crippen molar-refractivity contribution in [2.45, 2.75) is 26.3 Å². The van der Waals surface area contributed by atoms with E-state index in [1.54, 1.807) is 12.1 Å². The summed E-state index contributed by atoms with van der Waals surface area (Å²) in [6, 6.07) is 8.86. The topological polar surface area (TPSA) is 83.1 Å². The molecule has 0 fully saturated rings. The van der Waals surface area contributed by atoms with Gasteiger partial charge in [0.05, 0.1) is 41.9 Å². The average Bonchev–Trinajstić information content (AvgIpc) is 3.18. The van der Waals surface area contributed by atoms with Crippen LogP contribution in [0.4, 0.5) is 20.6 Å². The Labute approximate surface area is 172 Å². The second-order valence-corrected chi connectivity index (χ2v) is 7.08. The van der Waals surface area contributed by atoms with Crippen molar-refractivity contribution in [2.75, 3.05) is 17.3 Å². The SMILES string of the molecule is COc1ccc(N(Cc2cc(C(C)C)n[nH]2)C(=O)Nc2ccc(F)c(Cl)c2)cn1. The Kier molecular flexibility index (Phi) is 6.33. The summed E-state index contributed by atoms with van der Waals surface area (Å²) in [7, 11) is 1.52. The number of aromatic amines is 1. The van der Waals surface area contributed by atoms with Crippen LogP contribution < -0.4 is 15.0 Å². The molecule has 0 saturated heterocycles. The van der Waals surface area contributed by atoms with Gasteiger partial charge >= 0.3 is 6.03 Å². The fourth-order valence-electron chi connectivity index (χ4n) is 2.62. The summed E-state index contributed by atoms with van der Waals surface area (Å²) in [5.41, 5.74) is 2.59. The van der Waals surface area contributed by atoms with Gasteiger partial charge in [-0.25, -0.2) is 14.2 Å². The predicted molar refractivity (Wildman–Crippen MR) is 110 cm³/mol. The first-order valence-electron chi connectivity index (χ1n) is 8.95. The number of carbonyl (C=O) groups excluding carboxylic acids is 1. The number of pyridine rings is 1. The van der Waals surface area contributed by atoms with Gasteiger partial charge in [-0.3, -0.25) is 10.00 Å². The number of nitrogens with one attached hydrogen (secondary N) is 2. The summed E-state index contributed by atoms with van der Waals surface area (Å²) >= 11 is 5.81. The first kappa shape index (κ1) is 20.6. The van der Waals surface area contributed by atoms with Crippen LogP contribution in [-0.2, 0) is 6.54 Å². The van der Waals surface area contributed by atoms with Crippen molar-refractivity contribution in [2.24, 2.45) is 0 Å². The molecular weight excluding hydrogens is 397 g/mol. The number of aromatic nitrogens is 3. The summed E-state index contributed by atoms with van der Waals surface area (Å²) in [5.74, 6) is 0.133. The molecule has 9 heteroatoms. The largest absolute Gasteiger partial charge is 0.481 e. The van der Waals surface area contributed by atoms with E-state index in [9.17, 15) is 9.18 Å². The van der Waals surface area contributed by atoms with E-state index in [0.29, 0.717) is 17.3 Å². The van der Waals surface area contributed by atoms with Gasteiger partial charge in [-0.15, -0.1) is 0 Å². The van der Waals surface area contributed by atoms with E-state index in [1.165, 1.54) is 36.4 Å². The molecule has 2 N–H and O–H groups in total. The lowest BCUT2D eigenvalue weighted by Crippen LogP contribution is -2.34. The maximum Gasteiger partial charge on any atom is 0.326 e. The normalized spacial score (nSPS) is 10.8. The minimum Gasteiger partial charge on any atom is -0.481 e. The van der Waals surface area contributed by atoms with Crippen LogP contribution in [-0.4, -0.2) is 28.3 Å². The number of benzene rings is 1. The standard InChI is InChI=1S/C20H21ClFN5O2/c1-12(2)18-9-14(25-26-18)11-27(15-5-7-19(29-3)23-10-15)20(28)24-13-4-6-17(22)16(21)8-13/h4-10,12H,11H2,1-3H3,(H,24,28)(H,25,26). The molecule has 0 atom stereocenters. The molecule has 3 aromatic rings. The third kappa shape index (κ3) is 5.03. The molecule has 0 radical (unpaired) electrons. The Morgan fingerprint density at radius 2 is 2.10 bits per heavy atom. The molecular formula is C20H21ClFN5O2. The van der Waals surface area contributed by atoms with E-state index in [0.717, 1.165) is 11.4 Å². The number of amides is 2. The Bertz CT molecular complexity index is 991. The van der Waals surface area contributed by atoms with Crippen molar-refractivity contribution in [1.29, 1.82) is 0 Å². The third-order valence-electron chi connectivity index (χ3n) is 4.23. The highest BCUT2D eigenvalue weighted by molar-refractivity contribution is 6.31. The summed E-state index contributed by atoms with van der Waals surface area (Å²) in [6.45, 7) is 4.31. The molecule has 0 aliphatic rings. The van der Waals surface area contributed by atoms with Crippen molar-refractivity contribution >= 4 is 29.0 Å². The fraction of sp³-hybridized carbons (Fsp3) is 0.250. The van der Waals surface area contributed by atoms with Crippen LogP contribution in [0.15, 0.2) is 42.6 Å². The second kappa shape index (κ2) is 8.91. The lowest BCUT2D eigenvalue weighted by atomic mass is 10.1. The second-order valence-electron chi connectivity index (χ2n) is 6.68. The van der Waals surface area contributed by atoms with Gasteiger partial charge in [0.2, 0.25) is 5.88 Å². The molecule has 1 aromatic carbocycles. The highest BCUT2D eigenvalue weighted by atomic mass is 35.5. The van der Waals surface area contributed by atoms with Gasteiger partial charge in [0.25, 0.3) is 0 Å². The van der Waals surface area contributed by atoms with Crippen LogP contribution in [0.25, 0.3) is 0 Å². The smallest absolute Gasteiger partial charge is 0.326 e. The monoisotopic (exact) mass is 417 g/mol. The van der Waals surface area contributed by atoms with E-state index in [-0.39, 0.29) is 17.5 Å². The quantitative estimate of drug-likeness (QED) is 0.593. The van der Waals surface area contributed by atoms with Crippen molar-refractivity contribution in [3.63, 3.8) is 0 Å². The zero-order valence-corrected chi connectivity index (χ0v) is 17.0. The van der Waals surface area contributed by atoms with E-state index >= 15 is 0 Å². The van der Waals surface area contributed by atoms with Gasteiger partial charge in [0.15, 0.2) is 0 Å². The number of urea groups is 1. The van der Waals surface area contributed by atoms with Crippen LogP contribution in [0.2, 0.25) is 5.02 Å². The average molecular weight is 418 g/mol. The van der Waals surface area contributed by atoms with Crippen LogP contribution in [0.3, 0.4) is 0 Å². The van der Waals surface area contributed by atoms with Gasteiger partial charge in [-0.1, -0.05) is 25.4 Å². The lowest BCUT2D eigenvalue weighted by Gasteiger charge is -2.22. The number of anilines is 2. The minimum atomic E-state index is -0.556. The van der Waals surface area contributed by atoms with E-state index in [2.05, 4.69) is 20.5 Å². The fourth-order valence-corrected chi connectivity index (χ4v) is 2.81. The van der Waals surface area contributed by atoms with E-state index in [1.807, 2.05) is 19.9 Å². The van der Waals surface area contributed by atoms with Gasteiger partial charge in [0, 0.05) is 11.8 Å². The van der Waals surface area contributed by atoms with Crippen LogP contribution in [0.5, 0.6) is 5.88 Å². The summed E-state index contributed by atoms with van der Waals surface area (Å²) in [5, 5.41) is 9.89. The van der Waals surface area contributed by atoms with Crippen molar-refractivity contribution in [3.05, 3.63) is 64.8 Å². The first-order chi connectivity index (χ1) is 13.9. The lowest BCUT2D eigenvalue weighted by molar-refractivity contribution is 0.256. The van der Waals surface area contributed by atoms with Crippen LogP contribution in [0, 0.1) is 5.82 Å². The Morgan fingerprint density at radius 3 is 2.69 bits per heavy atom. The summed E-state index contributed by atoms with van der Waals surface area (Å²) in [4.78, 5) is 18.6. The zero-order valence-electron chi connectivity index (χ0n) is 16.2. The van der Waals surface area contributed by atoms with Gasteiger partial charge in [-0.2, -0.15) is 5.10 Å². The minimum absolute atomic E-state index is 0.0735. The summed E-state index contributed by atoms with van der Waals surface area (Å²) in [6.07, 6.45) is 1.54. The molecule has 7 nitrogen and oxygen atoms in total. The molecule has 0 spiro atoms. The van der Waals surface area contributed by atoms with E-state index < -0.39 is 11.8 Å². The number of ether oxygens (including phenoxy) is 1. The predicted octanol–water partition coefficient (Wildman–Crippen LogP) is 4.97. The third-order valence-corrected chi connectivity index (χ3v) is 4.52. The van der Waals surface area contributed by atoms with Gasteiger partial charge < -0.3 is 10.1 Å². The molecule has 2 heterocycles. The summed E-state index contributed by atoms with van der Waals surface area (Å²) < 4.78 is 18.5. The number of nitrogens with zero attached hydrogens (tertiary/aromatic N) is 3. The molecule has 0 aliphatic carbocycles. The number of rotatable bonds is 6. The van der Waals surface area contributed by atoms with Crippen molar-refractivity contribution in [3.8, 4) is 5.88 Å². The maximum atomic E-state index is 13.4. The molecule has 2 aromatic heterocycles. The van der Waals surface area contributed by atoms with Gasteiger partial charge in [-0.05, 0) is 36.2 Å². The number of H-pyrrole nitrogens is 1. The molecule has 0 aliphatic heterocycles. The first-order valence-corrected chi connectivity index (χ1v) is 9.33. The number of halogens is 2. The molecule has 152 valence electrons. The number of methoxy groups -OCH3 is 1. The number of carbonyl (C=O) groups is 1. The highest BCUT2D eigenvalue weighted by Crippen LogP contribution is 2.23. The zero-order chi connectivity index (χ0) is 21.0. The van der Waals surface area contributed by atoms with Crippen molar-refractivity contribution < 1.29 is 13.9 Å². The molecule has 0 saturated carbocycles. The van der Waals surface area contributed by atoms with Gasteiger partial charge in [0.1, 0.15) is 5.82 Å². The number of hydrogen-bond donors (Lipinski definition) is 2. The van der Waals surface area contributed by atoms with Crippen LogP contribution in [0.1, 0.15) is 31.2 Å². The maximum absolute atomic E-state index is 13.4. The Balaban J connectivity index is 1.87. The molecule has 29 heavy (non-hydrogen) atoms.